The van der Waals surface area contributed by atoms with Gasteiger partial charge in [-0.2, -0.15) is 5.26 Å². The number of nitriles is 1. The predicted molar refractivity (Wildman–Crippen MR) is 156 cm³/mol. The third kappa shape index (κ3) is 5.29. The Hall–Kier alpha value is -2.95. The molecule has 1 aliphatic rings. The second-order valence-corrected chi connectivity index (χ2v) is 13.7. The van der Waals surface area contributed by atoms with Gasteiger partial charge in [-0.05, 0) is 47.3 Å². The Kier molecular flexibility index (Phi) is 7.61. The third-order valence-electron chi connectivity index (χ3n) is 8.07. The van der Waals surface area contributed by atoms with E-state index in [0.717, 1.165) is 17.2 Å². The van der Waals surface area contributed by atoms with E-state index in [9.17, 15) is 14.9 Å². The average molecular weight is 572 g/mol. The molecular weight excluding hydrogens is 535 g/mol. The third-order valence-corrected chi connectivity index (χ3v) is 8.68. The number of nitrogens with one attached hydrogen (secondary N) is 1. The van der Waals surface area contributed by atoms with Gasteiger partial charge in [0.1, 0.15) is 34.4 Å². The summed E-state index contributed by atoms with van der Waals surface area (Å²) in [5.74, 6) is -0.0258. The normalized spacial score (nSPS) is 22.1. The summed E-state index contributed by atoms with van der Waals surface area (Å²) in [4.78, 5) is 30.4. The number of esters is 1. The molecule has 208 valence electrons. The molecule has 1 fully saturated rings. The van der Waals surface area contributed by atoms with Gasteiger partial charge < -0.3 is 15.5 Å². The van der Waals surface area contributed by atoms with Crippen molar-refractivity contribution in [1.82, 2.24) is 9.38 Å². The van der Waals surface area contributed by atoms with Crippen molar-refractivity contribution < 1.29 is 9.53 Å². The highest BCUT2D eigenvalue weighted by Crippen LogP contribution is 2.50. The largest absolute Gasteiger partial charge is 0.458 e. The van der Waals surface area contributed by atoms with Gasteiger partial charge >= 0.3 is 5.97 Å². The van der Waals surface area contributed by atoms with E-state index in [1.807, 2.05) is 6.07 Å². The van der Waals surface area contributed by atoms with Crippen molar-refractivity contribution in [3.05, 3.63) is 55.9 Å². The van der Waals surface area contributed by atoms with Crippen molar-refractivity contribution in [2.45, 2.75) is 67.4 Å². The lowest BCUT2D eigenvalue weighted by Gasteiger charge is -2.50. The summed E-state index contributed by atoms with van der Waals surface area (Å²) in [6.07, 6.45) is 1.51. The van der Waals surface area contributed by atoms with E-state index in [1.54, 1.807) is 24.3 Å². The van der Waals surface area contributed by atoms with Crippen molar-refractivity contribution in [2.75, 3.05) is 5.73 Å². The van der Waals surface area contributed by atoms with Gasteiger partial charge in [0.25, 0.3) is 5.56 Å². The molecule has 0 spiro atoms. The summed E-state index contributed by atoms with van der Waals surface area (Å²) in [6.45, 7) is 15.4. The smallest absolute Gasteiger partial charge is 0.342 e. The number of nitrogens with two attached hydrogens (primary N) is 1. The van der Waals surface area contributed by atoms with Crippen LogP contribution in [0.1, 0.15) is 77.2 Å². The monoisotopic (exact) mass is 570 g/mol. The zero-order chi connectivity index (χ0) is 29.0. The Balaban J connectivity index is 1.96. The van der Waals surface area contributed by atoms with Gasteiger partial charge in [0.2, 0.25) is 0 Å². The molecule has 2 atom stereocenters. The molecule has 2 aromatic heterocycles. The maximum absolute atomic E-state index is 14.3. The first kappa shape index (κ1) is 29.0. The number of hydrogen-bond donors (Lipinski definition) is 2. The van der Waals surface area contributed by atoms with Crippen LogP contribution in [0.15, 0.2) is 29.1 Å². The molecule has 2 unspecified atom stereocenters. The van der Waals surface area contributed by atoms with Crippen LogP contribution in [-0.4, -0.2) is 21.5 Å². The number of nitrogen functional groups attached to an aromatic ring is 1. The van der Waals surface area contributed by atoms with E-state index < -0.39 is 11.5 Å². The summed E-state index contributed by atoms with van der Waals surface area (Å²) in [5, 5.41) is 10.0. The maximum atomic E-state index is 14.3. The number of anilines is 1. The van der Waals surface area contributed by atoms with E-state index in [4.69, 9.17) is 33.7 Å². The second-order valence-electron chi connectivity index (χ2n) is 13.0. The molecule has 1 aromatic carbocycles. The molecule has 3 N–H and O–H groups in total. The molecule has 1 aliphatic carbocycles. The second kappa shape index (κ2) is 10.2. The van der Waals surface area contributed by atoms with Crippen LogP contribution in [-0.2, 0) is 4.74 Å². The number of fused-ring (bicyclic) bond motifs is 1. The van der Waals surface area contributed by atoms with Crippen molar-refractivity contribution in [1.29, 1.82) is 5.26 Å². The zero-order valence-corrected chi connectivity index (χ0v) is 25.0. The van der Waals surface area contributed by atoms with Crippen molar-refractivity contribution in [3.63, 3.8) is 0 Å². The maximum Gasteiger partial charge on any atom is 0.342 e. The molecule has 3 aromatic rings. The summed E-state index contributed by atoms with van der Waals surface area (Å²) in [6, 6.07) is 8.61. The molecule has 4 rings (SSSR count). The number of halogens is 2. The molecule has 0 aliphatic heterocycles. The molecule has 9 heteroatoms. The van der Waals surface area contributed by atoms with Crippen LogP contribution in [0.4, 0.5) is 5.82 Å². The minimum atomic E-state index is -0.713. The first-order chi connectivity index (χ1) is 18.1. The number of ether oxygens (including phenoxy) is 1. The highest BCUT2D eigenvalue weighted by molar-refractivity contribution is 6.34. The molecular formula is C30H36Cl2N4O3. The van der Waals surface area contributed by atoms with Gasteiger partial charge in [-0.25, -0.2) is 9.20 Å². The SMILES string of the molecule is CC1CC(C(C)(C)C)C(OC(=O)c2c(-c3ccc(Cl)cc3)c(Cl)n3c(=O)c(C#N)c(N)[nH]c23)C(C(C)(C)C)C1. The molecule has 1 saturated carbocycles. The molecule has 2 heterocycles. The Bertz CT molecular complexity index is 1490. The topological polar surface area (TPSA) is 113 Å². The van der Waals surface area contributed by atoms with Gasteiger partial charge in [-0.1, -0.05) is 83.8 Å². The fraction of sp³-hybridized carbons (Fsp3) is 0.500. The number of benzene rings is 1. The van der Waals surface area contributed by atoms with Crippen LogP contribution in [0, 0.1) is 39.9 Å². The fourth-order valence-electron chi connectivity index (χ4n) is 6.01. The van der Waals surface area contributed by atoms with E-state index in [0.29, 0.717) is 22.1 Å². The number of rotatable bonds is 3. The minimum Gasteiger partial charge on any atom is -0.458 e. The van der Waals surface area contributed by atoms with Crippen molar-refractivity contribution >= 4 is 40.6 Å². The van der Waals surface area contributed by atoms with E-state index in [-0.39, 0.29) is 56.5 Å². The lowest BCUT2D eigenvalue weighted by molar-refractivity contribution is -0.0922. The Labute approximate surface area is 239 Å². The molecule has 39 heavy (non-hydrogen) atoms. The standard InChI is InChI=1S/C30H36Cl2N4O3/c1-15-12-19(29(2,3)4)23(20(13-15)30(5,6)7)39-28(38)22-21(16-8-10-17(31)11-9-16)24(32)36-26(22)35-25(34)18(14-33)27(36)37/h8-11,15,19-20,23,35H,12-13,34H2,1-7H3. The number of carbonyl (C=O) groups excluding carboxylic acids is 1. The number of carbonyl (C=O) groups is 1. The number of aromatic nitrogens is 2. The summed E-state index contributed by atoms with van der Waals surface area (Å²) in [7, 11) is 0. The van der Waals surface area contributed by atoms with E-state index in [1.165, 1.54) is 0 Å². The first-order valence-electron chi connectivity index (χ1n) is 13.2. The molecule has 0 saturated heterocycles. The first-order valence-corrected chi connectivity index (χ1v) is 13.9. The molecule has 0 amide bonds. The lowest BCUT2D eigenvalue weighted by atomic mass is 9.59. The van der Waals surface area contributed by atoms with Gasteiger partial charge in [0.15, 0.2) is 5.56 Å². The summed E-state index contributed by atoms with van der Waals surface area (Å²) >= 11 is 12.9. The summed E-state index contributed by atoms with van der Waals surface area (Å²) < 4.78 is 7.60. The highest BCUT2D eigenvalue weighted by Gasteiger charge is 2.48. The van der Waals surface area contributed by atoms with Gasteiger partial charge in [0, 0.05) is 22.4 Å². The number of nitrogens with zero attached hydrogens (tertiary/aromatic N) is 2. The minimum absolute atomic E-state index is 0.0194. The molecule has 7 nitrogen and oxygen atoms in total. The van der Waals surface area contributed by atoms with Crippen LogP contribution in [0.5, 0.6) is 0 Å². The Morgan fingerprint density at radius 1 is 1.08 bits per heavy atom. The molecule has 0 bridgehead atoms. The van der Waals surface area contributed by atoms with Crippen LogP contribution >= 0.6 is 23.2 Å². The summed E-state index contributed by atoms with van der Waals surface area (Å²) in [5.41, 5.74) is 5.88. The van der Waals surface area contributed by atoms with Crippen LogP contribution in [0.2, 0.25) is 10.2 Å². The fourth-order valence-corrected chi connectivity index (χ4v) is 6.50. The zero-order valence-electron chi connectivity index (χ0n) is 23.5. The van der Waals surface area contributed by atoms with E-state index >= 15 is 0 Å². The Morgan fingerprint density at radius 2 is 1.62 bits per heavy atom. The lowest BCUT2D eigenvalue weighted by Crippen LogP contribution is -2.49. The van der Waals surface area contributed by atoms with Crippen LogP contribution < -0.4 is 11.3 Å². The number of H-pyrrole nitrogens is 1. The quantitative estimate of drug-likeness (QED) is 0.320. The number of hydrogen-bond acceptors (Lipinski definition) is 5. The van der Waals surface area contributed by atoms with Crippen molar-refractivity contribution in [2.24, 2.45) is 28.6 Å². The average Bonchev–Trinajstić information content (AvgIpc) is 3.11. The van der Waals surface area contributed by atoms with Crippen molar-refractivity contribution in [3.8, 4) is 17.2 Å². The van der Waals surface area contributed by atoms with Gasteiger partial charge in [-0.15, -0.1) is 0 Å². The Morgan fingerprint density at radius 3 is 2.10 bits per heavy atom. The molecule has 0 radical (unpaired) electrons. The van der Waals surface area contributed by atoms with Gasteiger partial charge in [0.05, 0.1) is 0 Å². The predicted octanol–water partition coefficient (Wildman–Crippen LogP) is 7.34. The van der Waals surface area contributed by atoms with Gasteiger partial charge in [-0.3, -0.25) is 4.79 Å². The van der Waals surface area contributed by atoms with Crippen LogP contribution in [0.3, 0.4) is 0 Å². The van der Waals surface area contributed by atoms with E-state index in [2.05, 4.69) is 53.5 Å². The van der Waals surface area contributed by atoms with Crippen LogP contribution in [0.25, 0.3) is 16.8 Å². The highest BCUT2D eigenvalue weighted by atomic mass is 35.5. The number of aromatic amines is 1.